The highest BCUT2D eigenvalue weighted by Crippen LogP contribution is 2.30. The van der Waals surface area contributed by atoms with Gasteiger partial charge in [0.1, 0.15) is 0 Å². The molecule has 2 aromatic carbocycles. The van der Waals surface area contributed by atoms with Crippen LogP contribution in [0.3, 0.4) is 0 Å². The van der Waals surface area contributed by atoms with Crippen molar-refractivity contribution in [3.63, 3.8) is 0 Å². The van der Waals surface area contributed by atoms with Crippen LogP contribution in [0.4, 0.5) is 0 Å². The van der Waals surface area contributed by atoms with Crippen LogP contribution in [0.2, 0.25) is 0 Å². The molecule has 1 aliphatic heterocycles. The average Bonchev–Trinajstić information content (AvgIpc) is 2.83. The van der Waals surface area contributed by atoms with Gasteiger partial charge in [-0.05, 0) is 61.7 Å². The first-order valence-corrected chi connectivity index (χ1v) is 11.8. The van der Waals surface area contributed by atoms with Crippen molar-refractivity contribution in [1.29, 1.82) is 5.26 Å². The number of rotatable bonds is 7. The summed E-state index contributed by atoms with van der Waals surface area (Å²) in [6.45, 7) is 2.43. The van der Waals surface area contributed by atoms with E-state index in [0.29, 0.717) is 29.9 Å². The van der Waals surface area contributed by atoms with E-state index in [2.05, 4.69) is 5.32 Å². The zero-order valence-electron chi connectivity index (χ0n) is 18.4. The molecule has 0 aromatic heterocycles. The van der Waals surface area contributed by atoms with Crippen LogP contribution in [0.5, 0.6) is 11.5 Å². The molecule has 8 nitrogen and oxygen atoms in total. The van der Waals surface area contributed by atoms with Crippen molar-refractivity contribution in [2.24, 2.45) is 5.92 Å². The Balaban J connectivity index is 1.60. The van der Waals surface area contributed by atoms with Gasteiger partial charge in [0, 0.05) is 19.0 Å². The van der Waals surface area contributed by atoms with Crippen LogP contribution in [0.1, 0.15) is 36.9 Å². The summed E-state index contributed by atoms with van der Waals surface area (Å²) in [7, 11) is -0.524. The minimum Gasteiger partial charge on any atom is -0.493 e. The first-order valence-electron chi connectivity index (χ1n) is 10.3. The van der Waals surface area contributed by atoms with Crippen LogP contribution in [0, 0.1) is 17.2 Å². The molecule has 0 aliphatic carbocycles. The number of carbonyl (C=O) groups excluding carboxylic acids is 1. The average molecular weight is 458 g/mol. The van der Waals surface area contributed by atoms with Crippen molar-refractivity contribution < 1.29 is 22.7 Å². The number of sulfonamides is 1. The van der Waals surface area contributed by atoms with Gasteiger partial charge < -0.3 is 14.8 Å². The molecule has 0 spiro atoms. The first-order chi connectivity index (χ1) is 15.3. The highest BCUT2D eigenvalue weighted by molar-refractivity contribution is 7.89. The molecule has 3 rings (SSSR count). The molecule has 2 aromatic rings. The first kappa shape index (κ1) is 23.6. The SMILES string of the molecule is COc1ccc(C(C)NC(=O)C2CCN(S(=O)(=O)c3ccc(C#N)cc3)CC2)cc1OC. The Morgan fingerprint density at radius 3 is 2.28 bits per heavy atom. The lowest BCUT2D eigenvalue weighted by Gasteiger charge is -2.31. The number of carbonyl (C=O) groups is 1. The van der Waals surface area contributed by atoms with Crippen molar-refractivity contribution in [2.45, 2.75) is 30.7 Å². The summed E-state index contributed by atoms with van der Waals surface area (Å²) in [6.07, 6.45) is 0.889. The molecule has 0 saturated carbocycles. The van der Waals surface area contributed by atoms with E-state index in [1.54, 1.807) is 20.3 Å². The number of piperidine rings is 1. The molecule has 32 heavy (non-hydrogen) atoms. The van der Waals surface area contributed by atoms with Crippen molar-refractivity contribution in [2.75, 3.05) is 27.3 Å². The van der Waals surface area contributed by atoms with Gasteiger partial charge in [0.25, 0.3) is 0 Å². The van der Waals surface area contributed by atoms with Crippen LogP contribution in [-0.4, -0.2) is 45.9 Å². The third kappa shape index (κ3) is 5.03. The van der Waals surface area contributed by atoms with E-state index in [9.17, 15) is 13.2 Å². The van der Waals surface area contributed by atoms with Gasteiger partial charge in [-0.25, -0.2) is 8.42 Å². The van der Waals surface area contributed by atoms with Crippen LogP contribution < -0.4 is 14.8 Å². The zero-order chi connectivity index (χ0) is 23.3. The minimum absolute atomic E-state index is 0.0947. The summed E-state index contributed by atoms with van der Waals surface area (Å²) in [5, 5.41) is 11.9. The monoisotopic (exact) mass is 457 g/mol. The van der Waals surface area contributed by atoms with Crippen molar-refractivity contribution in [1.82, 2.24) is 9.62 Å². The molecular weight excluding hydrogens is 430 g/mol. The Morgan fingerprint density at radius 1 is 1.09 bits per heavy atom. The Bertz CT molecular complexity index is 1100. The Hall–Kier alpha value is -3.09. The predicted molar refractivity (Wildman–Crippen MR) is 119 cm³/mol. The van der Waals surface area contributed by atoms with Gasteiger partial charge in [0.2, 0.25) is 15.9 Å². The fourth-order valence-electron chi connectivity index (χ4n) is 3.75. The number of ether oxygens (including phenoxy) is 2. The number of nitrogens with zero attached hydrogens (tertiary/aromatic N) is 2. The largest absolute Gasteiger partial charge is 0.493 e. The lowest BCUT2D eigenvalue weighted by atomic mass is 9.96. The Kier molecular flexibility index (Phi) is 7.38. The fraction of sp³-hybridized carbons (Fsp3) is 0.391. The maximum Gasteiger partial charge on any atom is 0.243 e. The molecule has 1 saturated heterocycles. The number of nitriles is 1. The number of benzene rings is 2. The van der Waals surface area contributed by atoms with Gasteiger partial charge in [-0.2, -0.15) is 9.57 Å². The molecule has 1 amide bonds. The number of nitrogens with one attached hydrogen (secondary N) is 1. The molecule has 1 heterocycles. The normalized spacial score (nSPS) is 16.1. The second-order valence-electron chi connectivity index (χ2n) is 7.66. The fourth-order valence-corrected chi connectivity index (χ4v) is 5.22. The van der Waals surface area contributed by atoms with E-state index in [1.807, 2.05) is 25.1 Å². The summed E-state index contributed by atoms with van der Waals surface area (Å²) in [4.78, 5) is 12.9. The lowest BCUT2D eigenvalue weighted by molar-refractivity contribution is -0.126. The van der Waals surface area contributed by atoms with E-state index in [1.165, 1.54) is 28.6 Å². The Labute approximate surface area is 188 Å². The quantitative estimate of drug-likeness (QED) is 0.685. The zero-order valence-corrected chi connectivity index (χ0v) is 19.2. The summed E-state index contributed by atoms with van der Waals surface area (Å²) >= 11 is 0. The number of amides is 1. The maximum atomic E-state index is 12.9. The molecular formula is C23H27N3O5S. The molecule has 1 aliphatic rings. The second kappa shape index (κ2) is 10.0. The van der Waals surface area contributed by atoms with Crippen LogP contribution in [-0.2, 0) is 14.8 Å². The topological polar surface area (TPSA) is 109 Å². The number of methoxy groups -OCH3 is 2. The molecule has 0 bridgehead atoms. The lowest BCUT2D eigenvalue weighted by Crippen LogP contribution is -2.43. The van der Waals surface area contributed by atoms with Gasteiger partial charge >= 0.3 is 0 Å². The second-order valence-corrected chi connectivity index (χ2v) is 9.60. The van der Waals surface area contributed by atoms with E-state index in [4.69, 9.17) is 14.7 Å². The van der Waals surface area contributed by atoms with Gasteiger partial charge in [-0.15, -0.1) is 0 Å². The number of hydrogen-bond acceptors (Lipinski definition) is 6. The van der Waals surface area contributed by atoms with E-state index in [0.717, 1.165) is 5.56 Å². The van der Waals surface area contributed by atoms with E-state index in [-0.39, 0.29) is 35.9 Å². The summed E-state index contributed by atoms with van der Waals surface area (Å²) in [6, 6.07) is 13.1. The van der Waals surface area contributed by atoms with E-state index >= 15 is 0 Å². The minimum atomic E-state index is -3.65. The highest BCUT2D eigenvalue weighted by Gasteiger charge is 2.32. The molecule has 1 N–H and O–H groups in total. The van der Waals surface area contributed by atoms with Gasteiger partial charge in [-0.1, -0.05) is 6.07 Å². The standard InChI is InChI=1S/C23H27N3O5S/c1-16(19-6-9-21(30-2)22(14-19)31-3)25-23(27)18-10-12-26(13-11-18)32(28,29)20-7-4-17(15-24)5-8-20/h4-9,14,16,18H,10-13H2,1-3H3,(H,25,27). The van der Waals surface area contributed by atoms with Gasteiger partial charge in [-0.3, -0.25) is 4.79 Å². The van der Waals surface area contributed by atoms with Crippen LogP contribution in [0.25, 0.3) is 0 Å². The Morgan fingerprint density at radius 2 is 1.72 bits per heavy atom. The maximum absolute atomic E-state index is 12.9. The van der Waals surface area contributed by atoms with Gasteiger partial charge in [0.05, 0.1) is 36.8 Å². The molecule has 1 unspecified atom stereocenters. The molecule has 0 radical (unpaired) electrons. The summed E-state index contributed by atoms with van der Waals surface area (Å²) in [5.41, 5.74) is 1.29. The van der Waals surface area contributed by atoms with Crippen molar-refractivity contribution in [3.05, 3.63) is 53.6 Å². The smallest absolute Gasteiger partial charge is 0.243 e. The van der Waals surface area contributed by atoms with Crippen LogP contribution in [0.15, 0.2) is 47.4 Å². The van der Waals surface area contributed by atoms with Crippen molar-refractivity contribution >= 4 is 15.9 Å². The predicted octanol–water partition coefficient (Wildman–Crippen LogP) is 2.85. The number of hydrogen-bond donors (Lipinski definition) is 1. The third-order valence-electron chi connectivity index (χ3n) is 5.71. The molecule has 1 fully saturated rings. The third-order valence-corrected chi connectivity index (χ3v) is 7.63. The molecule has 1 atom stereocenters. The van der Waals surface area contributed by atoms with E-state index < -0.39 is 10.0 Å². The molecule has 170 valence electrons. The van der Waals surface area contributed by atoms with Crippen LogP contribution >= 0.6 is 0 Å². The molecule has 9 heteroatoms. The summed E-state index contributed by atoms with van der Waals surface area (Å²) in [5.74, 6) is 0.853. The summed E-state index contributed by atoms with van der Waals surface area (Å²) < 4.78 is 37.7. The highest BCUT2D eigenvalue weighted by atomic mass is 32.2. The van der Waals surface area contributed by atoms with Crippen molar-refractivity contribution in [3.8, 4) is 17.6 Å². The van der Waals surface area contributed by atoms with Gasteiger partial charge in [0.15, 0.2) is 11.5 Å².